The zero-order chi connectivity index (χ0) is 35.3. The number of pyridine rings is 2. The molecule has 5 N–H and O–H groups in total. The molecule has 254 valence electrons. The van der Waals surface area contributed by atoms with E-state index in [1.807, 2.05) is 91.0 Å². The minimum absolute atomic E-state index is 0.207. The standard InChI is InChI=1S/C44H36N6O2/c45-32-15-8-26(9-16-32)35-25-39-42(40(41(35)44(51)52)30-13-19-36-28(23-30)5-4-22-47-36)49-43(50(39)34-6-2-1-3-7-34)31-14-21-38-29(24-31)12-20-37(48-38)27-10-17-33(46)18-11-27/h4-5,8-25,34H,1-3,6-7,45-46H2,(H,51,52). The van der Waals surface area contributed by atoms with Gasteiger partial charge >= 0.3 is 5.97 Å². The molecule has 9 rings (SSSR count). The highest BCUT2D eigenvalue weighted by Crippen LogP contribution is 2.44. The van der Waals surface area contributed by atoms with Crippen LogP contribution in [0.5, 0.6) is 0 Å². The number of imidazole rings is 1. The summed E-state index contributed by atoms with van der Waals surface area (Å²) < 4.78 is 2.38. The maximum absolute atomic E-state index is 13.4. The monoisotopic (exact) mass is 680 g/mol. The third kappa shape index (κ3) is 5.49. The predicted molar refractivity (Wildman–Crippen MR) is 210 cm³/mol. The summed E-state index contributed by atoms with van der Waals surface area (Å²) in [5.41, 5.74) is 22.5. The van der Waals surface area contributed by atoms with E-state index in [1.165, 1.54) is 6.42 Å². The number of benzene rings is 5. The van der Waals surface area contributed by atoms with Gasteiger partial charge in [0.15, 0.2) is 0 Å². The molecule has 8 nitrogen and oxygen atoms in total. The number of carboxylic acid groups (broad SMARTS) is 1. The second kappa shape index (κ2) is 12.7. The van der Waals surface area contributed by atoms with Gasteiger partial charge in [0.2, 0.25) is 0 Å². The van der Waals surface area contributed by atoms with Crippen LogP contribution in [-0.2, 0) is 0 Å². The number of aromatic nitrogens is 4. The van der Waals surface area contributed by atoms with Crippen LogP contribution in [-0.4, -0.2) is 30.6 Å². The summed E-state index contributed by atoms with van der Waals surface area (Å²) in [5, 5.41) is 12.9. The minimum atomic E-state index is -1.02. The molecule has 5 aromatic carbocycles. The van der Waals surface area contributed by atoms with Crippen molar-refractivity contribution in [1.29, 1.82) is 0 Å². The SMILES string of the molecule is Nc1ccc(-c2ccc3cc(-c4nc5c(-c6ccc7ncccc7c6)c(C(=O)O)c(-c6ccc(N)cc6)cc5n4C4CCCCC4)ccc3n2)cc1. The van der Waals surface area contributed by atoms with Gasteiger partial charge in [-0.3, -0.25) is 4.98 Å². The van der Waals surface area contributed by atoms with Crippen molar-refractivity contribution in [1.82, 2.24) is 19.5 Å². The molecule has 52 heavy (non-hydrogen) atoms. The molecule has 1 aliphatic rings. The van der Waals surface area contributed by atoms with E-state index in [2.05, 4.69) is 33.8 Å². The summed E-state index contributed by atoms with van der Waals surface area (Å²) in [6, 6.07) is 37.7. The number of carboxylic acids is 1. The fourth-order valence-electron chi connectivity index (χ4n) is 7.85. The number of rotatable bonds is 6. The predicted octanol–water partition coefficient (Wildman–Crippen LogP) is 10.2. The molecule has 0 aliphatic heterocycles. The Morgan fingerprint density at radius 3 is 2.08 bits per heavy atom. The van der Waals surface area contributed by atoms with Gasteiger partial charge in [-0.15, -0.1) is 0 Å². The average Bonchev–Trinajstić information content (AvgIpc) is 3.57. The molecule has 8 heteroatoms. The van der Waals surface area contributed by atoms with Crippen LogP contribution in [0, 0.1) is 0 Å². The Balaban J connectivity index is 1.32. The van der Waals surface area contributed by atoms with Gasteiger partial charge < -0.3 is 21.1 Å². The van der Waals surface area contributed by atoms with Crippen LogP contribution in [0.25, 0.3) is 77.7 Å². The number of nitrogens with zero attached hydrogens (tertiary/aromatic N) is 4. The number of nitrogen functional groups attached to an aromatic ring is 2. The topological polar surface area (TPSA) is 133 Å². The van der Waals surface area contributed by atoms with Crippen LogP contribution in [0.15, 0.2) is 121 Å². The molecule has 0 spiro atoms. The smallest absolute Gasteiger partial charge is 0.337 e. The van der Waals surface area contributed by atoms with Crippen molar-refractivity contribution in [3.8, 4) is 44.9 Å². The molecule has 1 aliphatic carbocycles. The van der Waals surface area contributed by atoms with Crippen molar-refractivity contribution >= 4 is 50.2 Å². The van der Waals surface area contributed by atoms with Crippen LogP contribution in [0.2, 0.25) is 0 Å². The van der Waals surface area contributed by atoms with Gasteiger partial charge in [-0.25, -0.2) is 14.8 Å². The van der Waals surface area contributed by atoms with Gasteiger partial charge in [0, 0.05) is 51.1 Å². The van der Waals surface area contributed by atoms with Gasteiger partial charge in [0.25, 0.3) is 0 Å². The summed E-state index contributed by atoms with van der Waals surface area (Å²) in [7, 11) is 0. The molecular weight excluding hydrogens is 645 g/mol. The number of nitrogens with two attached hydrogens (primary N) is 2. The van der Waals surface area contributed by atoms with Crippen LogP contribution in [0.4, 0.5) is 11.4 Å². The molecule has 0 amide bonds. The molecule has 0 unspecified atom stereocenters. The number of fused-ring (bicyclic) bond motifs is 3. The van der Waals surface area contributed by atoms with Gasteiger partial charge in [-0.1, -0.05) is 61.7 Å². The van der Waals surface area contributed by atoms with Crippen molar-refractivity contribution in [2.45, 2.75) is 38.1 Å². The normalized spacial score (nSPS) is 13.6. The number of hydrogen-bond acceptors (Lipinski definition) is 6. The molecule has 0 bridgehead atoms. The van der Waals surface area contributed by atoms with Crippen molar-refractivity contribution in [3.05, 3.63) is 127 Å². The Kier molecular flexibility index (Phi) is 7.65. The van der Waals surface area contributed by atoms with Crippen LogP contribution >= 0.6 is 0 Å². The molecule has 0 radical (unpaired) electrons. The molecule has 8 aromatic rings. The summed E-state index contributed by atoms with van der Waals surface area (Å²) in [6.45, 7) is 0. The van der Waals surface area contributed by atoms with E-state index in [0.717, 1.165) is 86.8 Å². The second-order valence-corrected chi connectivity index (χ2v) is 13.7. The third-order valence-electron chi connectivity index (χ3n) is 10.4. The first-order chi connectivity index (χ1) is 25.4. The number of aromatic carboxylic acids is 1. The van der Waals surface area contributed by atoms with Gasteiger partial charge in [-0.05, 0) is 102 Å². The number of carbonyl (C=O) groups is 1. The lowest BCUT2D eigenvalue weighted by atomic mass is 9.89. The Labute approximate surface area is 300 Å². The lowest BCUT2D eigenvalue weighted by Crippen LogP contribution is -2.14. The Hall–Kier alpha value is -6.54. The van der Waals surface area contributed by atoms with Gasteiger partial charge in [0.1, 0.15) is 5.82 Å². The van der Waals surface area contributed by atoms with Crippen molar-refractivity contribution in [2.75, 3.05) is 11.5 Å². The highest BCUT2D eigenvalue weighted by Gasteiger charge is 2.29. The minimum Gasteiger partial charge on any atom is -0.478 e. The van der Waals surface area contributed by atoms with Crippen molar-refractivity contribution in [3.63, 3.8) is 0 Å². The second-order valence-electron chi connectivity index (χ2n) is 13.7. The Morgan fingerprint density at radius 2 is 1.33 bits per heavy atom. The summed E-state index contributed by atoms with van der Waals surface area (Å²) in [4.78, 5) is 28.4. The van der Waals surface area contributed by atoms with Crippen molar-refractivity contribution in [2.24, 2.45) is 0 Å². The maximum Gasteiger partial charge on any atom is 0.337 e. The zero-order valence-corrected chi connectivity index (χ0v) is 28.5. The average molecular weight is 681 g/mol. The lowest BCUT2D eigenvalue weighted by Gasteiger charge is -2.26. The summed E-state index contributed by atoms with van der Waals surface area (Å²) in [5.74, 6) is -0.196. The first kappa shape index (κ1) is 31.4. The quantitative estimate of drug-likeness (QED) is 0.149. The first-order valence-corrected chi connectivity index (χ1v) is 17.7. The molecule has 0 saturated heterocycles. The Bertz CT molecular complexity index is 2660. The largest absolute Gasteiger partial charge is 0.478 e. The summed E-state index contributed by atoms with van der Waals surface area (Å²) >= 11 is 0. The van der Waals surface area contributed by atoms with Crippen LogP contribution < -0.4 is 11.5 Å². The summed E-state index contributed by atoms with van der Waals surface area (Å²) in [6.07, 6.45) is 7.26. The van der Waals surface area contributed by atoms with Gasteiger partial charge in [-0.2, -0.15) is 0 Å². The number of anilines is 2. The van der Waals surface area contributed by atoms with E-state index < -0.39 is 5.97 Å². The fourth-order valence-corrected chi connectivity index (χ4v) is 7.85. The Morgan fingerprint density at radius 1 is 0.673 bits per heavy atom. The zero-order valence-electron chi connectivity index (χ0n) is 28.5. The highest BCUT2D eigenvalue weighted by molar-refractivity contribution is 6.12. The van der Waals surface area contributed by atoms with E-state index >= 15 is 0 Å². The van der Waals surface area contributed by atoms with E-state index in [-0.39, 0.29) is 11.6 Å². The molecule has 1 saturated carbocycles. The molecule has 3 aromatic heterocycles. The van der Waals surface area contributed by atoms with Gasteiger partial charge in [0.05, 0.1) is 33.3 Å². The molecule has 0 atom stereocenters. The van der Waals surface area contributed by atoms with E-state index in [0.29, 0.717) is 28.0 Å². The van der Waals surface area contributed by atoms with Crippen molar-refractivity contribution < 1.29 is 9.90 Å². The van der Waals surface area contributed by atoms with E-state index in [4.69, 9.17) is 21.4 Å². The highest BCUT2D eigenvalue weighted by atomic mass is 16.4. The maximum atomic E-state index is 13.4. The van der Waals surface area contributed by atoms with E-state index in [1.54, 1.807) is 6.20 Å². The molecular formula is C44H36N6O2. The number of hydrogen-bond donors (Lipinski definition) is 3. The van der Waals surface area contributed by atoms with Crippen LogP contribution in [0.1, 0.15) is 48.5 Å². The first-order valence-electron chi connectivity index (χ1n) is 17.7. The molecule has 3 heterocycles. The third-order valence-corrected chi connectivity index (χ3v) is 10.4. The van der Waals surface area contributed by atoms with E-state index in [9.17, 15) is 9.90 Å². The lowest BCUT2D eigenvalue weighted by molar-refractivity contribution is 0.0698. The fraction of sp³-hybridized carbons (Fsp3) is 0.136. The molecule has 1 fully saturated rings. The van der Waals surface area contributed by atoms with Crippen LogP contribution in [0.3, 0.4) is 0 Å².